The van der Waals surface area contributed by atoms with Crippen molar-refractivity contribution in [1.82, 2.24) is 28.9 Å². The maximum atomic E-state index is 4.81. The highest BCUT2D eigenvalue weighted by Gasteiger charge is 2.23. The predicted octanol–water partition coefficient (Wildman–Crippen LogP) is 15.4. The summed E-state index contributed by atoms with van der Waals surface area (Å²) in [6.07, 6.45) is 9.53. The number of fused-ring (bicyclic) bond motifs is 16. The summed E-state index contributed by atoms with van der Waals surface area (Å²) in [6, 6.07) is 62.7. The van der Waals surface area contributed by atoms with Crippen molar-refractivity contribution in [1.29, 1.82) is 0 Å². The van der Waals surface area contributed by atoms with Gasteiger partial charge in [0.25, 0.3) is 0 Å². The molecule has 0 fully saturated rings. The highest BCUT2D eigenvalue weighted by Crippen LogP contribution is 2.47. The van der Waals surface area contributed by atoms with Crippen molar-refractivity contribution < 1.29 is 0 Å². The van der Waals surface area contributed by atoms with E-state index < -0.39 is 0 Å². The van der Waals surface area contributed by atoms with E-state index >= 15 is 0 Å². The van der Waals surface area contributed by atoms with Gasteiger partial charge in [-0.25, -0.2) is 9.97 Å². The second-order valence-corrected chi connectivity index (χ2v) is 17.9. The number of aryl methyl sites for hydroxylation is 1. The van der Waals surface area contributed by atoms with Crippen LogP contribution in [0, 0.1) is 6.92 Å². The normalized spacial score (nSPS) is 12.3. The standard InChI is InChI=1S/C61H36N6/c1-35-26-58(46-16-9-24-64-61(46)65-35)66-57-22-25-63-34-54(57)51-31-47(48(32-59(51)66)38-10-8-23-62-33-38)39-29-52-45-15-6-7-17-55(45)67-56-21-19-37(28-50(56)53(30-39)60(52)67)36-18-20-44-42-13-3-2-11-40(42)41-12-4-5-14-43(41)49(44)27-36/h2-34H,1H3. The van der Waals surface area contributed by atoms with Crippen molar-refractivity contribution >= 4 is 103 Å². The second kappa shape index (κ2) is 13.5. The fourth-order valence-corrected chi connectivity index (χ4v) is 11.4. The van der Waals surface area contributed by atoms with Crippen LogP contribution in [-0.2, 0) is 0 Å². The summed E-state index contributed by atoms with van der Waals surface area (Å²) in [5.74, 6) is 0. The second-order valence-electron chi connectivity index (χ2n) is 17.9. The smallest absolute Gasteiger partial charge is 0.161 e. The van der Waals surface area contributed by atoms with Gasteiger partial charge in [-0.3, -0.25) is 9.97 Å². The third-order valence-corrected chi connectivity index (χ3v) is 14.3. The fraction of sp³-hybridized carbons (Fsp3) is 0.0164. The molecular weight excluding hydrogens is 817 g/mol. The van der Waals surface area contributed by atoms with E-state index in [1.54, 1.807) is 0 Å². The zero-order valence-electron chi connectivity index (χ0n) is 36.2. The molecule has 0 unspecified atom stereocenters. The number of benzene rings is 8. The fourth-order valence-electron chi connectivity index (χ4n) is 11.4. The zero-order chi connectivity index (χ0) is 43.9. The van der Waals surface area contributed by atoms with Crippen LogP contribution >= 0.6 is 0 Å². The highest BCUT2D eigenvalue weighted by molar-refractivity contribution is 6.27. The first-order valence-corrected chi connectivity index (χ1v) is 22.8. The van der Waals surface area contributed by atoms with Gasteiger partial charge in [0.2, 0.25) is 0 Å². The van der Waals surface area contributed by atoms with Crippen LogP contribution in [0.1, 0.15) is 5.69 Å². The van der Waals surface area contributed by atoms with Gasteiger partial charge < -0.3 is 8.97 Å². The summed E-state index contributed by atoms with van der Waals surface area (Å²) in [6.45, 7) is 2.04. The van der Waals surface area contributed by atoms with Gasteiger partial charge in [-0.2, -0.15) is 0 Å². The molecule has 0 saturated carbocycles. The Morgan fingerprint density at radius 1 is 0.358 bits per heavy atom. The van der Waals surface area contributed by atoms with Crippen LogP contribution in [0.15, 0.2) is 201 Å². The Morgan fingerprint density at radius 3 is 1.76 bits per heavy atom. The molecule has 6 heteroatoms. The molecule has 67 heavy (non-hydrogen) atoms. The molecule has 15 rings (SSSR count). The van der Waals surface area contributed by atoms with E-state index in [0.717, 1.165) is 66.5 Å². The van der Waals surface area contributed by atoms with Crippen LogP contribution in [0.3, 0.4) is 0 Å². The molecule has 0 aliphatic heterocycles. The molecule has 15 aromatic rings. The van der Waals surface area contributed by atoms with Crippen LogP contribution in [0.2, 0.25) is 0 Å². The lowest BCUT2D eigenvalue weighted by Gasteiger charge is -2.15. The first kappa shape index (κ1) is 36.4. The van der Waals surface area contributed by atoms with Crippen molar-refractivity contribution in [2.45, 2.75) is 6.92 Å². The molecule has 0 saturated heterocycles. The summed E-state index contributed by atoms with van der Waals surface area (Å²) in [4.78, 5) is 18.8. The first-order valence-electron chi connectivity index (χ1n) is 22.8. The number of nitrogens with zero attached hydrogens (tertiary/aromatic N) is 6. The van der Waals surface area contributed by atoms with E-state index in [1.165, 1.54) is 81.5 Å². The van der Waals surface area contributed by atoms with Crippen LogP contribution in [0.4, 0.5) is 0 Å². The van der Waals surface area contributed by atoms with Crippen molar-refractivity contribution in [3.05, 3.63) is 207 Å². The lowest BCUT2D eigenvalue weighted by Crippen LogP contribution is -1.99. The Bertz CT molecular complexity index is 4550. The maximum absolute atomic E-state index is 4.81. The molecule has 0 aliphatic carbocycles. The summed E-state index contributed by atoms with van der Waals surface area (Å²) in [5.41, 5.74) is 15.3. The van der Waals surface area contributed by atoms with Gasteiger partial charge in [0.15, 0.2) is 5.65 Å². The maximum Gasteiger partial charge on any atom is 0.161 e. The number of para-hydroxylation sites is 1. The molecule has 8 aromatic carbocycles. The molecule has 310 valence electrons. The Morgan fingerprint density at radius 2 is 0.970 bits per heavy atom. The number of hydrogen-bond donors (Lipinski definition) is 0. The minimum atomic E-state index is 0.724. The Kier molecular flexibility index (Phi) is 7.33. The zero-order valence-corrected chi connectivity index (χ0v) is 36.2. The predicted molar refractivity (Wildman–Crippen MR) is 278 cm³/mol. The molecule has 0 amide bonds. The van der Waals surface area contributed by atoms with Crippen LogP contribution in [0.5, 0.6) is 0 Å². The summed E-state index contributed by atoms with van der Waals surface area (Å²) >= 11 is 0. The van der Waals surface area contributed by atoms with E-state index in [2.05, 4.69) is 182 Å². The molecule has 0 bridgehead atoms. The molecule has 0 N–H and O–H groups in total. The Hall–Kier alpha value is -9.00. The third-order valence-electron chi connectivity index (χ3n) is 14.3. The molecule has 7 aromatic heterocycles. The van der Waals surface area contributed by atoms with Gasteiger partial charge in [0.05, 0.1) is 33.3 Å². The molecule has 0 atom stereocenters. The van der Waals surface area contributed by atoms with Crippen molar-refractivity contribution in [2.75, 3.05) is 0 Å². The van der Waals surface area contributed by atoms with Gasteiger partial charge >= 0.3 is 0 Å². The largest absolute Gasteiger partial charge is 0.308 e. The molecular formula is C61H36N6. The minimum absolute atomic E-state index is 0.724. The van der Waals surface area contributed by atoms with Gasteiger partial charge in [-0.05, 0) is 146 Å². The lowest BCUT2D eigenvalue weighted by atomic mass is 9.91. The molecule has 0 radical (unpaired) electrons. The van der Waals surface area contributed by atoms with E-state index in [9.17, 15) is 0 Å². The Labute approximate surface area is 383 Å². The van der Waals surface area contributed by atoms with Crippen LogP contribution in [0.25, 0.3) is 142 Å². The summed E-state index contributed by atoms with van der Waals surface area (Å²) in [5, 5.41) is 15.8. The van der Waals surface area contributed by atoms with Gasteiger partial charge in [0, 0.05) is 79.9 Å². The highest BCUT2D eigenvalue weighted by atomic mass is 15.0. The van der Waals surface area contributed by atoms with E-state index in [-0.39, 0.29) is 0 Å². The SMILES string of the molecule is Cc1cc(-n2c3ccncc3c3cc(-c4cc5c6ccccc6n6c7ccc(-c8ccc9c%10ccccc%10c%10ccccc%10c9c8)cc7c(c4)c56)c(-c4cccnc4)cc32)c2cccnc2n1. The molecule has 7 heterocycles. The number of pyridine rings is 4. The van der Waals surface area contributed by atoms with Crippen LogP contribution < -0.4 is 0 Å². The van der Waals surface area contributed by atoms with Crippen molar-refractivity contribution in [3.8, 4) is 39.1 Å². The molecule has 0 spiro atoms. The molecule has 0 aliphatic rings. The van der Waals surface area contributed by atoms with E-state index in [1.807, 2.05) is 50.0 Å². The van der Waals surface area contributed by atoms with E-state index in [4.69, 9.17) is 4.98 Å². The lowest BCUT2D eigenvalue weighted by molar-refractivity contribution is 1.13. The van der Waals surface area contributed by atoms with Gasteiger partial charge in [-0.15, -0.1) is 0 Å². The average Bonchev–Trinajstić information content (AvgIpc) is 4.02. The Balaban J connectivity index is 1.01. The molecule has 6 nitrogen and oxygen atoms in total. The average molecular weight is 853 g/mol. The third kappa shape index (κ3) is 5.09. The van der Waals surface area contributed by atoms with Gasteiger partial charge in [0.1, 0.15) is 0 Å². The van der Waals surface area contributed by atoms with Crippen LogP contribution in [-0.4, -0.2) is 28.9 Å². The van der Waals surface area contributed by atoms with Crippen molar-refractivity contribution in [2.24, 2.45) is 0 Å². The number of rotatable bonds is 4. The topological polar surface area (TPSA) is 60.9 Å². The first-order chi connectivity index (χ1) is 33.1. The van der Waals surface area contributed by atoms with Gasteiger partial charge in [-0.1, -0.05) is 91.0 Å². The number of aromatic nitrogens is 6. The van der Waals surface area contributed by atoms with E-state index in [0.29, 0.717) is 0 Å². The number of hydrogen-bond acceptors (Lipinski definition) is 4. The summed E-state index contributed by atoms with van der Waals surface area (Å²) < 4.78 is 4.84. The quantitative estimate of drug-likeness (QED) is 0.166. The minimum Gasteiger partial charge on any atom is -0.308 e. The summed E-state index contributed by atoms with van der Waals surface area (Å²) in [7, 11) is 0. The monoisotopic (exact) mass is 852 g/mol. The van der Waals surface area contributed by atoms with Crippen molar-refractivity contribution in [3.63, 3.8) is 0 Å².